The van der Waals surface area contributed by atoms with Gasteiger partial charge in [0.1, 0.15) is 0 Å². The molecule has 0 saturated heterocycles. The number of methoxy groups -OCH3 is 2. The Morgan fingerprint density at radius 3 is 1.80 bits per heavy atom. The molecule has 0 aliphatic heterocycles. The van der Waals surface area contributed by atoms with Crippen molar-refractivity contribution < 1.29 is 23.8 Å². The van der Waals surface area contributed by atoms with E-state index in [0.29, 0.717) is 6.61 Å². The smallest absolute Gasteiger partial charge is 0.309 e. The quantitative estimate of drug-likeness (QED) is 0.767. The van der Waals surface area contributed by atoms with E-state index in [2.05, 4.69) is 13.8 Å². The third-order valence-electron chi connectivity index (χ3n) is 6.25. The zero-order valence-electron chi connectivity index (χ0n) is 15.2. The number of esters is 2. The average molecular weight is 346 g/mol. The summed E-state index contributed by atoms with van der Waals surface area (Å²) in [6, 6.07) is 9.94. The van der Waals surface area contributed by atoms with Crippen LogP contribution in [0.4, 0.5) is 0 Å². The van der Waals surface area contributed by atoms with Crippen molar-refractivity contribution >= 4 is 11.9 Å². The number of hydrogen-bond acceptors (Lipinski definition) is 5. The maximum Gasteiger partial charge on any atom is 0.309 e. The summed E-state index contributed by atoms with van der Waals surface area (Å²) < 4.78 is 16.3. The molecule has 7 atom stereocenters. The normalized spacial score (nSPS) is 36.2. The van der Waals surface area contributed by atoms with E-state index in [4.69, 9.17) is 14.2 Å². The second-order valence-corrected chi connectivity index (χ2v) is 7.23. The Morgan fingerprint density at radius 2 is 1.36 bits per heavy atom. The summed E-state index contributed by atoms with van der Waals surface area (Å²) in [5, 5.41) is 0. The van der Waals surface area contributed by atoms with Crippen LogP contribution in [0, 0.1) is 35.5 Å². The van der Waals surface area contributed by atoms with Crippen LogP contribution >= 0.6 is 0 Å². The fourth-order valence-electron chi connectivity index (χ4n) is 4.97. The maximum absolute atomic E-state index is 12.4. The molecule has 2 aliphatic carbocycles. The van der Waals surface area contributed by atoms with Crippen molar-refractivity contribution in [2.24, 2.45) is 35.5 Å². The molecule has 2 fully saturated rings. The van der Waals surface area contributed by atoms with Gasteiger partial charge < -0.3 is 14.2 Å². The lowest BCUT2D eigenvalue weighted by Gasteiger charge is -2.34. The molecule has 5 nitrogen and oxygen atoms in total. The third-order valence-corrected chi connectivity index (χ3v) is 6.25. The van der Waals surface area contributed by atoms with Crippen molar-refractivity contribution in [1.29, 1.82) is 0 Å². The molecule has 0 radical (unpaired) electrons. The molecule has 0 heterocycles. The van der Waals surface area contributed by atoms with Crippen LogP contribution in [-0.2, 0) is 30.4 Å². The lowest BCUT2D eigenvalue weighted by molar-refractivity contribution is -0.162. The molecule has 0 N–H and O–H groups in total. The molecular weight excluding hydrogens is 320 g/mol. The second kappa shape index (κ2) is 7.16. The van der Waals surface area contributed by atoms with Crippen LogP contribution in [-0.4, -0.2) is 32.3 Å². The minimum absolute atomic E-state index is 0.0275. The first-order chi connectivity index (χ1) is 12.0. The number of rotatable bonds is 5. The zero-order valence-corrected chi connectivity index (χ0v) is 15.2. The van der Waals surface area contributed by atoms with Gasteiger partial charge in [0, 0.05) is 11.8 Å². The molecule has 25 heavy (non-hydrogen) atoms. The number of carbonyl (C=O) groups is 2. The van der Waals surface area contributed by atoms with E-state index in [0.717, 1.165) is 5.56 Å². The molecule has 3 unspecified atom stereocenters. The van der Waals surface area contributed by atoms with Crippen molar-refractivity contribution in [3.05, 3.63) is 35.9 Å². The molecule has 0 spiro atoms. The average Bonchev–Trinajstić information content (AvgIpc) is 3.10. The second-order valence-electron chi connectivity index (χ2n) is 7.23. The molecule has 5 heteroatoms. The maximum atomic E-state index is 12.4. The van der Waals surface area contributed by atoms with Gasteiger partial charge >= 0.3 is 11.9 Å². The van der Waals surface area contributed by atoms with Crippen molar-refractivity contribution in [2.75, 3.05) is 14.2 Å². The van der Waals surface area contributed by atoms with Crippen LogP contribution in [0.15, 0.2) is 30.3 Å². The highest BCUT2D eigenvalue weighted by atomic mass is 16.5. The molecule has 1 aromatic rings. The fourth-order valence-corrected chi connectivity index (χ4v) is 4.97. The van der Waals surface area contributed by atoms with Gasteiger partial charge in [-0.3, -0.25) is 9.59 Å². The summed E-state index contributed by atoms with van der Waals surface area (Å²) in [5.74, 6) is -1.14. The predicted molar refractivity (Wildman–Crippen MR) is 91.3 cm³/mol. The number of fused-ring (bicyclic) bond motifs is 2. The van der Waals surface area contributed by atoms with Gasteiger partial charge in [0.05, 0.1) is 38.8 Å². The van der Waals surface area contributed by atoms with Crippen LogP contribution in [0.3, 0.4) is 0 Å². The van der Waals surface area contributed by atoms with Crippen LogP contribution in [0.1, 0.15) is 19.4 Å². The largest absolute Gasteiger partial charge is 0.469 e. The van der Waals surface area contributed by atoms with Gasteiger partial charge in [-0.15, -0.1) is 0 Å². The van der Waals surface area contributed by atoms with Crippen molar-refractivity contribution in [2.45, 2.75) is 26.6 Å². The van der Waals surface area contributed by atoms with Gasteiger partial charge in [-0.25, -0.2) is 0 Å². The van der Waals surface area contributed by atoms with Gasteiger partial charge in [-0.1, -0.05) is 44.2 Å². The molecule has 2 bridgehead atoms. The summed E-state index contributed by atoms with van der Waals surface area (Å²) in [5.41, 5.74) is 1.08. The minimum Gasteiger partial charge on any atom is -0.469 e. The fraction of sp³-hybridized carbons (Fsp3) is 0.600. The number of benzene rings is 1. The molecule has 2 aliphatic rings. The van der Waals surface area contributed by atoms with E-state index in [9.17, 15) is 9.59 Å². The number of hydrogen-bond donors (Lipinski definition) is 0. The molecule has 2 saturated carbocycles. The summed E-state index contributed by atoms with van der Waals surface area (Å²) in [6.45, 7) is 4.75. The molecule has 1 aromatic carbocycles. The predicted octanol–water partition coefficient (Wildman–Crippen LogP) is 2.68. The van der Waals surface area contributed by atoms with Crippen molar-refractivity contribution in [3.63, 3.8) is 0 Å². The summed E-state index contributed by atoms with van der Waals surface area (Å²) in [6.07, 6.45) is -0.140. The summed E-state index contributed by atoms with van der Waals surface area (Å²) in [7, 11) is 2.74. The minimum atomic E-state index is -0.491. The topological polar surface area (TPSA) is 61.8 Å². The Labute approximate surface area is 148 Å². The highest BCUT2D eigenvalue weighted by Crippen LogP contribution is 2.60. The molecule has 3 rings (SSSR count). The summed E-state index contributed by atoms with van der Waals surface area (Å²) >= 11 is 0. The lowest BCUT2D eigenvalue weighted by Crippen LogP contribution is -2.41. The van der Waals surface area contributed by atoms with E-state index in [-0.39, 0.29) is 41.7 Å². The first-order valence-corrected chi connectivity index (χ1v) is 8.82. The van der Waals surface area contributed by atoms with Crippen LogP contribution in [0.25, 0.3) is 0 Å². The van der Waals surface area contributed by atoms with Gasteiger partial charge in [0.25, 0.3) is 0 Å². The Kier molecular flexibility index (Phi) is 5.13. The van der Waals surface area contributed by atoms with Crippen LogP contribution in [0.5, 0.6) is 0 Å². The SMILES string of the molecule is COC(=O)[C@@H]1C2C(OCc3ccccc3)C([C@H](C)[C@H]2C)[C@@H]1C(=O)OC. The summed E-state index contributed by atoms with van der Waals surface area (Å²) in [4.78, 5) is 24.8. The molecule has 0 amide bonds. The first-order valence-electron chi connectivity index (χ1n) is 8.82. The highest BCUT2D eigenvalue weighted by Gasteiger charge is 2.66. The first kappa shape index (κ1) is 17.9. The van der Waals surface area contributed by atoms with Gasteiger partial charge in [0.2, 0.25) is 0 Å². The van der Waals surface area contributed by atoms with E-state index in [1.54, 1.807) is 0 Å². The molecule has 136 valence electrons. The van der Waals surface area contributed by atoms with E-state index in [1.807, 2.05) is 30.3 Å². The van der Waals surface area contributed by atoms with Gasteiger partial charge in [-0.05, 0) is 17.4 Å². The lowest BCUT2D eigenvalue weighted by atomic mass is 9.69. The Morgan fingerprint density at radius 1 is 0.880 bits per heavy atom. The van der Waals surface area contributed by atoms with Crippen LogP contribution in [0.2, 0.25) is 0 Å². The standard InChI is InChI=1S/C20H26O5/c1-11-12(2)15-17(20(22)24-4)16(19(21)23-3)14(11)18(15)25-10-13-8-6-5-7-9-13/h5-9,11-12,14-18H,10H2,1-4H3/t11-,12-,14?,15?,16-,17+,18?/m1/s1. The van der Waals surface area contributed by atoms with Crippen LogP contribution < -0.4 is 0 Å². The van der Waals surface area contributed by atoms with E-state index < -0.39 is 11.8 Å². The zero-order chi connectivity index (χ0) is 18.1. The number of carbonyl (C=O) groups excluding carboxylic acids is 2. The van der Waals surface area contributed by atoms with E-state index in [1.165, 1.54) is 14.2 Å². The monoisotopic (exact) mass is 346 g/mol. The van der Waals surface area contributed by atoms with Gasteiger partial charge in [0.15, 0.2) is 0 Å². The van der Waals surface area contributed by atoms with Crippen molar-refractivity contribution in [3.8, 4) is 0 Å². The Bertz CT molecular complexity index is 594. The van der Waals surface area contributed by atoms with E-state index >= 15 is 0 Å². The Balaban J connectivity index is 1.87. The highest BCUT2D eigenvalue weighted by molar-refractivity contribution is 5.84. The van der Waals surface area contributed by atoms with Crippen molar-refractivity contribution in [1.82, 2.24) is 0 Å². The Hall–Kier alpha value is -1.88. The molecular formula is C20H26O5. The van der Waals surface area contributed by atoms with Gasteiger partial charge in [-0.2, -0.15) is 0 Å². The number of ether oxygens (including phenoxy) is 3. The molecule has 0 aromatic heterocycles. The third kappa shape index (κ3) is 2.95.